The molecule has 0 unspecified atom stereocenters. The lowest BCUT2D eigenvalue weighted by molar-refractivity contribution is 0.476. The molecule has 0 atom stereocenters. The number of benzene rings is 3. The zero-order valence-corrected chi connectivity index (χ0v) is 23.6. The highest BCUT2D eigenvalue weighted by Gasteiger charge is 2.19. The molecular weight excluding hydrogens is 496 g/mol. The summed E-state index contributed by atoms with van der Waals surface area (Å²) in [7, 11) is 0.518. The van der Waals surface area contributed by atoms with E-state index in [4.69, 9.17) is 15.0 Å². The standard InChI is InChI=1S/C33H30N4OSi/c1-37-29-16-17-34-31(32(29)36-33(37)27-12-8-9-13-30(27)38)25-19-23(22-10-6-5-7-11-22)18-24(20-25)28-15-14-26(21-35-28)39(2,3)4/h5-21,38H,1-4H3. The summed E-state index contributed by atoms with van der Waals surface area (Å²) in [5.41, 5.74) is 8.37. The van der Waals surface area contributed by atoms with E-state index >= 15 is 0 Å². The van der Waals surface area contributed by atoms with Gasteiger partial charge in [-0.1, -0.05) is 68.2 Å². The van der Waals surface area contributed by atoms with Crippen LogP contribution in [0.25, 0.3) is 56.1 Å². The predicted molar refractivity (Wildman–Crippen MR) is 163 cm³/mol. The fourth-order valence-corrected chi connectivity index (χ4v) is 5.99. The first-order valence-corrected chi connectivity index (χ1v) is 16.6. The van der Waals surface area contributed by atoms with Crippen LogP contribution >= 0.6 is 0 Å². The quantitative estimate of drug-likeness (QED) is 0.240. The van der Waals surface area contributed by atoms with Crippen molar-refractivity contribution >= 4 is 24.3 Å². The van der Waals surface area contributed by atoms with Crippen LogP contribution in [0, 0.1) is 0 Å². The number of hydrogen-bond donors (Lipinski definition) is 1. The molecule has 0 saturated heterocycles. The van der Waals surface area contributed by atoms with Gasteiger partial charge in [0.2, 0.25) is 0 Å². The number of aromatic hydroxyl groups is 1. The smallest absolute Gasteiger partial charge is 0.144 e. The molecule has 192 valence electrons. The number of aromatic nitrogens is 4. The Bertz CT molecular complexity index is 1800. The number of imidazole rings is 1. The second-order valence-corrected chi connectivity index (χ2v) is 16.0. The molecule has 0 radical (unpaired) electrons. The summed E-state index contributed by atoms with van der Waals surface area (Å²) in [5, 5.41) is 11.9. The number of rotatable bonds is 5. The molecule has 1 N–H and O–H groups in total. The molecule has 0 fully saturated rings. The molecule has 0 aliphatic heterocycles. The van der Waals surface area contributed by atoms with E-state index < -0.39 is 8.07 Å². The molecule has 3 heterocycles. The maximum Gasteiger partial charge on any atom is 0.144 e. The normalized spacial score (nSPS) is 11.7. The predicted octanol–water partition coefficient (Wildman–Crippen LogP) is 7.28. The molecular formula is C33H30N4OSi. The number of phenols is 1. The minimum atomic E-state index is -1.45. The molecule has 6 aromatic rings. The number of nitrogens with zero attached hydrogens (tertiary/aromatic N) is 4. The van der Waals surface area contributed by atoms with Crippen molar-refractivity contribution in [2.24, 2.45) is 7.05 Å². The maximum absolute atomic E-state index is 10.5. The largest absolute Gasteiger partial charge is 0.507 e. The van der Waals surface area contributed by atoms with Crippen molar-refractivity contribution in [2.75, 3.05) is 0 Å². The Morgan fingerprint density at radius 1 is 0.718 bits per heavy atom. The zero-order chi connectivity index (χ0) is 27.1. The minimum absolute atomic E-state index is 0.201. The van der Waals surface area contributed by atoms with Gasteiger partial charge in [-0.2, -0.15) is 0 Å². The highest BCUT2D eigenvalue weighted by molar-refractivity contribution is 6.88. The maximum atomic E-state index is 10.5. The van der Waals surface area contributed by atoms with Crippen molar-refractivity contribution < 1.29 is 5.11 Å². The lowest BCUT2D eigenvalue weighted by atomic mass is 9.96. The SMILES string of the molecule is Cn1c(-c2ccccc2O)nc2c(-c3cc(-c4ccccc4)cc(-c4ccc([Si](C)(C)C)cn4)c3)nccc21. The number of para-hydroxylation sites is 1. The number of hydrogen-bond acceptors (Lipinski definition) is 4. The molecule has 3 aromatic heterocycles. The third-order valence-corrected chi connectivity index (χ3v) is 9.21. The molecule has 0 amide bonds. The Balaban J connectivity index is 1.56. The van der Waals surface area contributed by atoms with Gasteiger partial charge in [0.05, 0.1) is 30.5 Å². The number of phenolic OH excluding ortho intramolecular Hbond substituents is 1. The molecule has 6 rings (SSSR count). The van der Waals surface area contributed by atoms with Gasteiger partial charge in [-0.25, -0.2) is 4.98 Å². The number of aryl methyl sites for hydroxylation is 1. The average molecular weight is 527 g/mol. The van der Waals surface area contributed by atoms with Crippen molar-refractivity contribution in [1.29, 1.82) is 0 Å². The first-order chi connectivity index (χ1) is 18.8. The van der Waals surface area contributed by atoms with Crippen molar-refractivity contribution in [2.45, 2.75) is 19.6 Å². The van der Waals surface area contributed by atoms with Crippen molar-refractivity contribution in [3.8, 4) is 50.8 Å². The lowest BCUT2D eigenvalue weighted by Crippen LogP contribution is -2.37. The van der Waals surface area contributed by atoms with Crippen LogP contribution in [0.5, 0.6) is 5.75 Å². The second-order valence-electron chi connectivity index (χ2n) is 10.9. The molecule has 0 aliphatic rings. The zero-order valence-electron chi connectivity index (χ0n) is 22.6. The summed E-state index contributed by atoms with van der Waals surface area (Å²) < 4.78 is 2.01. The van der Waals surface area contributed by atoms with Gasteiger partial charge in [0.1, 0.15) is 17.1 Å². The first kappa shape index (κ1) is 24.8. The van der Waals surface area contributed by atoms with Crippen LogP contribution in [-0.2, 0) is 7.05 Å². The monoisotopic (exact) mass is 526 g/mol. The van der Waals surface area contributed by atoms with Crippen LogP contribution < -0.4 is 5.19 Å². The van der Waals surface area contributed by atoms with Crippen molar-refractivity contribution in [1.82, 2.24) is 19.5 Å². The molecule has 39 heavy (non-hydrogen) atoms. The molecule has 3 aromatic carbocycles. The fourth-order valence-electron chi connectivity index (χ4n) is 4.95. The third-order valence-electron chi connectivity index (χ3n) is 7.18. The summed E-state index contributed by atoms with van der Waals surface area (Å²) in [6.07, 6.45) is 3.86. The van der Waals surface area contributed by atoms with Gasteiger partial charge in [-0.15, -0.1) is 0 Å². The molecule has 0 aliphatic carbocycles. The summed E-state index contributed by atoms with van der Waals surface area (Å²) in [6.45, 7) is 7.00. The van der Waals surface area contributed by atoms with E-state index in [0.717, 1.165) is 44.7 Å². The highest BCUT2D eigenvalue weighted by Crippen LogP contribution is 2.36. The summed E-state index contributed by atoms with van der Waals surface area (Å²) in [5.74, 6) is 0.895. The number of fused-ring (bicyclic) bond motifs is 1. The van der Waals surface area contributed by atoms with Crippen LogP contribution in [0.4, 0.5) is 0 Å². The van der Waals surface area contributed by atoms with Crippen molar-refractivity contribution in [3.05, 3.63) is 103 Å². The van der Waals surface area contributed by atoms with E-state index in [1.807, 2.05) is 54.3 Å². The Morgan fingerprint density at radius 2 is 1.44 bits per heavy atom. The van der Waals surface area contributed by atoms with Gasteiger partial charge >= 0.3 is 0 Å². The minimum Gasteiger partial charge on any atom is -0.507 e. The number of pyridine rings is 2. The van der Waals surface area contributed by atoms with Gasteiger partial charge < -0.3 is 9.67 Å². The van der Waals surface area contributed by atoms with Crippen LogP contribution in [0.1, 0.15) is 0 Å². The average Bonchev–Trinajstić information content (AvgIpc) is 3.29. The van der Waals surface area contributed by atoms with E-state index in [2.05, 4.69) is 74.2 Å². The summed E-state index contributed by atoms with van der Waals surface area (Å²) in [6, 6.07) is 30.5. The van der Waals surface area contributed by atoms with Gasteiger partial charge in [-0.05, 0) is 58.8 Å². The van der Waals surface area contributed by atoms with E-state index in [0.29, 0.717) is 11.4 Å². The van der Waals surface area contributed by atoms with E-state index in [9.17, 15) is 5.11 Å². The van der Waals surface area contributed by atoms with Crippen LogP contribution in [0.3, 0.4) is 0 Å². The first-order valence-electron chi connectivity index (χ1n) is 13.1. The third kappa shape index (κ3) is 4.64. The van der Waals surface area contributed by atoms with E-state index in [1.54, 1.807) is 6.07 Å². The molecule has 0 saturated carbocycles. The van der Waals surface area contributed by atoms with Gasteiger partial charge in [0.25, 0.3) is 0 Å². The molecule has 0 spiro atoms. The van der Waals surface area contributed by atoms with Crippen LogP contribution in [0.15, 0.2) is 103 Å². The lowest BCUT2D eigenvalue weighted by Gasteiger charge is -2.16. The van der Waals surface area contributed by atoms with Gasteiger partial charge in [0, 0.05) is 30.6 Å². The Labute approximate surface area is 229 Å². The van der Waals surface area contributed by atoms with Gasteiger partial charge in [0.15, 0.2) is 0 Å². The Morgan fingerprint density at radius 3 is 2.15 bits per heavy atom. The van der Waals surface area contributed by atoms with Crippen LogP contribution in [0.2, 0.25) is 19.6 Å². The fraction of sp³-hybridized carbons (Fsp3) is 0.121. The summed E-state index contributed by atoms with van der Waals surface area (Å²) in [4.78, 5) is 14.7. The molecule has 6 heteroatoms. The molecule has 0 bridgehead atoms. The Hall–Kier alpha value is -4.55. The van der Waals surface area contributed by atoms with Crippen LogP contribution in [-0.4, -0.2) is 32.7 Å². The Kier molecular flexibility index (Phi) is 6.12. The highest BCUT2D eigenvalue weighted by atomic mass is 28.3. The van der Waals surface area contributed by atoms with E-state index in [-0.39, 0.29) is 5.75 Å². The molecule has 5 nitrogen and oxygen atoms in total. The summed E-state index contributed by atoms with van der Waals surface area (Å²) >= 11 is 0. The van der Waals surface area contributed by atoms with Crippen molar-refractivity contribution in [3.63, 3.8) is 0 Å². The topological polar surface area (TPSA) is 63.8 Å². The second kappa shape index (κ2) is 9.64. The van der Waals surface area contributed by atoms with Gasteiger partial charge in [-0.3, -0.25) is 9.97 Å². The van der Waals surface area contributed by atoms with E-state index in [1.165, 1.54) is 5.19 Å².